The minimum absolute atomic E-state index is 0.244. The summed E-state index contributed by atoms with van der Waals surface area (Å²) >= 11 is 0. The van der Waals surface area contributed by atoms with E-state index in [4.69, 9.17) is 11.0 Å². The van der Waals surface area contributed by atoms with Gasteiger partial charge >= 0.3 is 0 Å². The molecule has 1 fully saturated rings. The topological polar surface area (TPSA) is 65.1 Å². The lowest BCUT2D eigenvalue weighted by molar-refractivity contribution is 0.172. The molecule has 4 heteroatoms. The number of nitrogens with one attached hydrogen (secondary N) is 1. The Balaban J connectivity index is 2.08. The molecule has 1 aromatic carbocycles. The van der Waals surface area contributed by atoms with Crippen LogP contribution in [0.1, 0.15) is 31.2 Å². The van der Waals surface area contributed by atoms with E-state index >= 15 is 0 Å². The van der Waals surface area contributed by atoms with Gasteiger partial charge in [-0.05, 0) is 45.1 Å². The molecule has 2 rings (SSSR count). The van der Waals surface area contributed by atoms with Crippen molar-refractivity contribution >= 4 is 11.4 Å². The van der Waals surface area contributed by atoms with Gasteiger partial charge in [-0.1, -0.05) is 12.8 Å². The fourth-order valence-corrected chi connectivity index (χ4v) is 2.84. The molecule has 1 saturated carbocycles. The lowest BCUT2D eigenvalue weighted by atomic mass is 9.96. The first kappa shape index (κ1) is 13.7. The lowest BCUT2D eigenvalue weighted by Crippen LogP contribution is -2.47. The van der Waals surface area contributed by atoms with Crippen molar-refractivity contribution in [1.82, 2.24) is 4.90 Å². The van der Waals surface area contributed by atoms with Crippen molar-refractivity contribution in [2.24, 2.45) is 0 Å². The zero-order valence-electron chi connectivity index (χ0n) is 11.7. The number of likely N-dealkylation sites (N-methyl/N-ethyl adjacent to an activating group) is 1. The SMILES string of the molecule is CN(C)C1(CNc2ccc(N)c(C#N)c2)CCCC1. The predicted octanol–water partition coefficient (Wildman–Crippen LogP) is 2.43. The van der Waals surface area contributed by atoms with Crippen LogP contribution in [-0.4, -0.2) is 31.1 Å². The quantitative estimate of drug-likeness (QED) is 0.814. The number of anilines is 2. The van der Waals surface area contributed by atoms with Crippen LogP contribution in [0.4, 0.5) is 11.4 Å². The van der Waals surface area contributed by atoms with Crippen LogP contribution in [-0.2, 0) is 0 Å². The first-order chi connectivity index (χ1) is 9.07. The third kappa shape index (κ3) is 2.82. The maximum Gasteiger partial charge on any atom is 0.101 e. The van der Waals surface area contributed by atoms with Crippen molar-refractivity contribution in [3.8, 4) is 6.07 Å². The van der Waals surface area contributed by atoms with Gasteiger partial charge in [0.15, 0.2) is 0 Å². The summed E-state index contributed by atoms with van der Waals surface area (Å²) in [6.45, 7) is 0.911. The highest BCUT2D eigenvalue weighted by Gasteiger charge is 2.35. The Morgan fingerprint density at radius 1 is 1.37 bits per heavy atom. The average Bonchev–Trinajstić information content (AvgIpc) is 2.88. The second-order valence-corrected chi connectivity index (χ2v) is 5.59. The van der Waals surface area contributed by atoms with Gasteiger partial charge in [-0.3, -0.25) is 0 Å². The van der Waals surface area contributed by atoms with Crippen molar-refractivity contribution < 1.29 is 0 Å². The number of hydrogen-bond donors (Lipinski definition) is 2. The van der Waals surface area contributed by atoms with Crippen molar-refractivity contribution in [3.63, 3.8) is 0 Å². The zero-order chi connectivity index (χ0) is 13.9. The Labute approximate surface area is 115 Å². The third-order valence-electron chi connectivity index (χ3n) is 4.28. The van der Waals surface area contributed by atoms with Gasteiger partial charge in [-0.15, -0.1) is 0 Å². The zero-order valence-corrected chi connectivity index (χ0v) is 11.7. The number of nitrogen functional groups attached to an aromatic ring is 1. The van der Waals surface area contributed by atoms with Gasteiger partial charge in [0.1, 0.15) is 6.07 Å². The molecule has 1 aliphatic rings. The van der Waals surface area contributed by atoms with Crippen LogP contribution in [0.15, 0.2) is 18.2 Å². The van der Waals surface area contributed by atoms with Gasteiger partial charge in [0, 0.05) is 23.5 Å². The number of nitrogens with zero attached hydrogens (tertiary/aromatic N) is 2. The van der Waals surface area contributed by atoms with Gasteiger partial charge in [0.25, 0.3) is 0 Å². The van der Waals surface area contributed by atoms with E-state index in [9.17, 15) is 0 Å². The molecule has 3 N–H and O–H groups in total. The first-order valence-electron chi connectivity index (χ1n) is 6.78. The smallest absolute Gasteiger partial charge is 0.101 e. The Hall–Kier alpha value is -1.73. The fraction of sp³-hybridized carbons (Fsp3) is 0.533. The van der Waals surface area contributed by atoms with E-state index in [-0.39, 0.29) is 5.54 Å². The van der Waals surface area contributed by atoms with Crippen LogP contribution in [0.2, 0.25) is 0 Å². The monoisotopic (exact) mass is 258 g/mol. The highest BCUT2D eigenvalue weighted by atomic mass is 15.2. The van der Waals surface area contributed by atoms with Crippen LogP contribution in [0.3, 0.4) is 0 Å². The number of nitriles is 1. The maximum absolute atomic E-state index is 9.00. The Morgan fingerprint density at radius 3 is 2.63 bits per heavy atom. The van der Waals surface area contributed by atoms with Crippen LogP contribution in [0.5, 0.6) is 0 Å². The van der Waals surface area contributed by atoms with Crippen molar-refractivity contribution in [3.05, 3.63) is 23.8 Å². The number of rotatable bonds is 4. The van der Waals surface area contributed by atoms with E-state index in [1.807, 2.05) is 12.1 Å². The summed E-state index contributed by atoms with van der Waals surface area (Å²) in [7, 11) is 4.30. The van der Waals surface area contributed by atoms with Gasteiger partial charge in [0.2, 0.25) is 0 Å². The minimum Gasteiger partial charge on any atom is -0.398 e. The maximum atomic E-state index is 9.00. The third-order valence-corrected chi connectivity index (χ3v) is 4.28. The number of hydrogen-bond acceptors (Lipinski definition) is 4. The molecule has 0 unspecified atom stereocenters. The van der Waals surface area contributed by atoms with E-state index in [2.05, 4.69) is 30.4 Å². The second-order valence-electron chi connectivity index (χ2n) is 5.59. The second kappa shape index (κ2) is 5.50. The van der Waals surface area contributed by atoms with E-state index < -0.39 is 0 Å². The van der Waals surface area contributed by atoms with Crippen molar-refractivity contribution in [2.75, 3.05) is 31.7 Å². The molecule has 0 radical (unpaired) electrons. The molecule has 4 nitrogen and oxygen atoms in total. The van der Waals surface area contributed by atoms with E-state index in [1.165, 1.54) is 25.7 Å². The lowest BCUT2D eigenvalue weighted by Gasteiger charge is -2.36. The Morgan fingerprint density at radius 2 is 2.05 bits per heavy atom. The standard InChI is InChI=1S/C15H22N4/c1-19(2)15(7-3-4-8-15)11-18-13-5-6-14(17)12(9-13)10-16/h5-6,9,18H,3-4,7-8,11,17H2,1-2H3. The Bertz CT molecular complexity index is 481. The fourth-order valence-electron chi connectivity index (χ4n) is 2.84. The van der Waals surface area contributed by atoms with E-state index in [0.717, 1.165) is 12.2 Å². The summed E-state index contributed by atoms with van der Waals surface area (Å²) in [5, 5.41) is 12.5. The molecule has 0 aliphatic heterocycles. The molecule has 0 bridgehead atoms. The van der Waals surface area contributed by atoms with E-state index in [0.29, 0.717) is 11.3 Å². The largest absolute Gasteiger partial charge is 0.398 e. The normalized spacial score (nSPS) is 17.4. The van der Waals surface area contributed by atoms with Crippen molar-refractivity contribution in [2.45, 2.75) is 31.2 Å². The highest BCUT2D eigenvalue weighted by molar-refractivity contribution is 5.61. The molecule has 1 aromatic rings. The van der Waals surface area contributed by atoms with Crippen LogP contribution in [0.25, 0.3) is 0 Å². The summed E-state index contributed by atoms with van der Waals surface area (Å²) in [5.74, 6) is 0. The average molecular weight is 258 g/mol. The van der Waals surface area contributed by atoms with Crippen LogP contribution >= 0.6 is 0 Å². The number of benzene rings is 1. The van der Waals surface area contributed by atoms with Gasteiger partial charge in [-0.25, -0.2) is 0 Å². The molecule has 0 aromatic heterocycles. The molecule has 0 spiro atoms. The van der Waals surface area contributed by atoms with E-state index in [1.54, 1.807) is 6.07 Å². The summed E-state index contributed by atoms with van der Waals surface area (Å²) in [5.41, 5.74) is 8.02. The summed E-state index contributed by atoms with van der Waals surface area (Å²) < 4.78 is 0. The molecule has 102 valence electrons. The Kier molecular flexibility index (Phi) is 3.96. The molecule has 0 atom stereocenters. The molecule has 0 saturated heterocycles. The van der Waals surface area contributed by atoms with Crippen LogP contribution < -0.4 is 11.1 Å². The summed E-state index contributed by atoms with van der Waals surface area (Å²) in [6.07, 6.45) is 5.05. The van der Waals surface area contributed by atoms with Gasteiger partial charge < -0.3 is 16.0 Å². The summed E-state index contributed by atoms with van der Waals surface area (Å²) in [6, 6.07) is 7.68. The highest BCUT2D eigenvalue weighted by Crippen LogP contribution is 2.34. The molecular formula is C15H22N4. The van der Waals surface area contributed by atoms with Gasteiger partial charge in [-0.2, -0.15) is 5.26 Å². The molecule has 0 heterocycles. The number of nitrogens with two attached hydrogens (primary N) is 1. The first-order valence-corrected chi connectivity index (χ1v) is 6.78. The predicted molar refractivity (Wildman–Crippen MR) is 78.9 cm³/mol. The van der Waals surface area contributed by atoms with Crippen molar-refractivity contribution in [1.29, 1.82) is 5.26 Å². The minimum atomic E-state index is 0.244. The van der Waals surface area contributed by atoms with Gasteiger partial charge in [0.05, 0.1) is 5.56 Å². The molecular weight excluding hydrogens is 236 g/mol. The molecule has 0 amide bonds. The molecule has 1 aliphatic carbocycles. The summed E-state index contributed by atoms with van der Waals surface area (Å²) in [4.78, 5) is 2.33. The van der Waals surface area contributed by atoms with Crippen LogP contribution in [0, 0.1) is 11.3 Å². The molecule has 19 heavy (non-hydrogen) atoms.